The van der Waals surface area contributed by atoms with Crippen LogP contribution in [0.1, 0.15) is 16.3 Å². The molecule has 1 unspecified atom stereocenters. The highest BCUT2D eigenvalue weighted by atomic mass is 32.1. The van der Waals surface area contributed by atoms with Crippen molar-refractivity contribution in [1.82, 2.24) is 25.1 Å². The molecule has 0 bridgehead atoms. The van der Waals surface area contributed by atoms with E-state index in [2.05, 4.69) is 15.3 Å². The van der Waals surface area contributed by atoms with Crippen LogP contribution in [0.25, 0.3) is 10.2 Å². The minimum Gasteiger partial charge on any atom is -0.310 e. The van der Waals surface area contributed by atoms with Crippen LogP contribution in [0, 0.1) is 13.8 Å². The number of imide groups is 1. The molecule has 0 aliphatic carbocycles. The highest BCUT2D eigenvalue weighted by Crippen LogP contribution is 2.26. The van der Waals surface area contributed by atoms with Gasteiger partial charge in [-0.05, 0) is 19.4 Å². The summed E-state index contributed by atoms with van der Waals surface area (Å²) in [7, 11) is 0. The lowest BCUT2D eigenvalue weighted by Gasteiger charge is -2.34. The number of amides is 3. The average Bonchev–Trinajstić information content (AvgIpc) is 2.96. The number of carbonyl (C=O) groups excluding carboxylic acids is 2. The van der Waals surface area contributed by atoms with Gasteiger partial charge in [0, 0.05) is 24.5 Å². The van der Waals surface area contributed by atoms with Crippen LogP contribution in [0.4, 0.5) is 4.79 Å². The van der Waals surface area contributed by atoms with E-state index in [1.54, 1.807) is 4.90 Å². The molecule has 2 aromatic rings. The summed E-state index contributed by atoms with van der Waals surface area (Å²) in [6.07, 6.45) is 0. The molecule has 2 aliphatic rings. The van der Waals surface area contributed by atoms with E-state index < -0.39 is 6.04 Å². The fourth-order valence-corrected chi connectivity index (χ4v) is 4.35. The molecule has 4 heterocycles. The first kappa shape index (κ1) is 15.3. The van der Waals surface area contributed by atoms with Crippen LogP contribution in [0.5, 0.6) is 0 Å². The van der Waals surface area contributed by atoms with Gasteiger partial charge in [0.05, 0.1) is 11.9 Å². The Labute approximate surface area is 141 Å². The number of nitrogens with one attached hydrogen (secondary N) is 2. The number of hydrogen-bond acceptors (Lipinski definition) is 6. The fraction of sp³-hybridized carbons (Fsp3) is 0.467. The lowest BCUT2D eigenvalue weighted by atomic mass is 10.2. The Morgan fingerprint density at radius 3 is 2.83 bits per heavy atom. The van der Waals surface area contributed by atoms with Gasteiger partial charge in [-0.2, -0.15) is 0 Å². The SMILES string of the molecule is Cc1sc2nc(CN3CCN4C(=O)NC(=O)C4C3)[nH]c(=O)c2c1C. The summed E-state index contributed by atoms with van der Waals surface area (Å²) in [4.78, 5) is 48.6. The molecule has 0 saturated carbocycles. The van der Waals surface area contributed by atoms with Gasteiger partial charge in [0.2, 0.25) is 0 Å². The van der Waals surface area contributed by atoms with Crippen LogP contribution < -0.4 is 10.9 Å². The van der Waals surface area contributed by atoms with E-state index in [1.165, 1.54) is 11.3 Å². The number of thiophene rings is 1. The van der Waals surface area contributed by atoms with Crippen molar-refractivity contribution in [1.29, 1.82) is 0 Å². The Morgan fingerprint density at radius 1 is 1.25 bits per heavy atom. The summed E-state index contributed by atoms with van der Waals surface area (Å²) in [6.45, 7) is 5.94. The van der Waals surface area contributed by atoms with Crippen molar-refractivity contribution in [2.24, 2.45) is 0 Å². The molecule has 0 aromatic carbocycles. The van der Waals surface area contributed by atoms with E-state index in [-0.39, 0.29) is 17.5 Å². The van der Waals surface area contributed by atoms with Gasteiger partial charge in [0.15, 0.2) is 0 Å². The predicted molar refractivity (Wildman–Crippen MR) is 89.0 cm³/mol. The summed E-state index contributed by atoms with van der Waals surface area (Å²) in [6, 6.07) is -0.768. The van der Waals surface area contributed by atoms with Crippen LogP contribution in [0.15, 0.2) is 4.79 Å². The van der Waals surface area contributed by atoms with Crippen molar-refractivity contribution in [3.63, 3.8) is 0 Å². The number of urea groups is 1. The van der Waals surface area contributed by atoms with E-state index in [4.69, 9.17) is 0 Å². The van der Waals surface area contributed by atoms with Gasteiger partial charge >= 0.3 is 6.03 Å². The van der Waals surface area contributed by atoms with Gasteiger partial charge in [0.25, 0.3) is 11.5 Å². The van der Waals surface area contributed by atoms with Crippen LogP contribution in [0.2, 0.25) is 0 Å². The second kappa shape index (κ2) is 5.38. The maximum atomic E-state index is 12.3. The molecule has 24 heavy (non-hydrogen) atoms. The number of aromatic amines is 1. The van der Waals surface area contributed by atoms with Crippen molar-refractivity contribution in [2.75, 3.05) is 19.6 Å². The van der Waals surface area contributed by atoms with Crippen LogP contribution in [-0.4, -0.2) is 57.4 Å². The zero-order chi connectivity index (χ0) is 17.0. The molecule has 8 nitrogen and oxygen atoms in total. The van der Waals surface area contributed by atoms with Gasteiger partial charge in [-0.1, -0.05) is 0 Å². The molecule has 0 radical (unpaired) electrons. The molecule has 2 aliphatic heterocycles. The Morgan fingerprint density at radius 2 is 2.04 bits per heavy atom. The highest BCUT2D eigenvalue weighted by molar-refractivity contribution is 7.18. The maximum Gasteiger partial charge on any atom is 0.324 e. The number of hydrogen-bond donors (Lipinski definition) is 2. The van der Waals surface area contributed by atoms with E-state index in [0.29, 0.717) is 37.4 Å². The topological polar surface area (TPSA) is 98.4 Å². The first-order valence-corrected chi connectivity index (χ1v) is 8.58. The van der Waals surface area contributed by atoms with Gasteiger partial charge < -0.3 is 9.88 Å². The molecule has 0 spiro atoms. The number of aromatic nitrogens is 2. The number of piperazine rings is 1. The summed E-state index contributed by atoms with van der Waals surface area (Å²) in [5.74, 6) is 0.332. The first-order valence-electron chi connectivity index (χ1n) is 7.77. The van der Waals surface area contributed by atoms with Crippen LogP contribution in [0.3, 0.4) is 0 Å². The third kappa shape index (κ3) is 2.31. The number of nitrogens with zero attached hydrogens (tertiary/aromatic N) is 3. The quantitative estimate of drug-likeness (QED) is 0.763. The molecular formula is C15H17N5O3S. The van der Waals surface area contributed by atoms with Crippen molar-refractivity contribution in [2.45, 2.75) is 26.4 Å². The average molecular weight is 347 g/mol. The zero-order valence-corrected chi connectivity index (χ0v) is 14.2. The lowest BCUT2D eigenvalue weighted by molar-refractivity contribution is -0.122. The summed E-state index contributed by atoms with van der Waals surface area (Å²) in [5, 5.41) is 2.99. The monoisotopic (exact) mass is 347 g/mol. The summed E-state index contributed by atoms with van der Waals surface area (Å²) < 4.78 is 0. The maximum absolute atomic E-state index is 12.3. The second-order valence-corrected chi connectivity index (χ2v) is 7.42. The fourth-order valence-electron chi connectivity index (χ4n) is 3.30. The largest absolute Gasteiger partial charge is 0.324 e. The number of rotatable bonds is 2. The van der Waals surface area contributed by atoms with E-state index in [1.807, 2.05) is 18.7 Å². The molecule has 2 saturated heterocycles. The lowest BCUT2D eigenvalue weighted by Crippen LogP contribution is -2.52. The second-order valence-electron chi connectivity index (χ2n) is 6.21. The molecule has 2 aromatic heterocycles. The van der Waals surface area contributed by atoms with Crippen LogP contribution >= 0.6 is 11.3 Å². The third-order valence-corrected chi connectivity index (χ3v) is 5.82. The first-order chi connectivity index (χ1) is 11.4. The Balaban J connectivity index is 1.58. The van der Waals surface area contributed by atoms with E-state index in [0.717, 1.165) is 15.3 Å². The van der Waals surface area contributed by atoms with Crippen molar-refractivity contribution in [3.05, 3.63) is 26.6 Å². The van der Waals surface area contributed by atoms with Crippen LogP contribution in [-0.2, 0) is 11.3 Å². The number of carbonyl (C=O) groups is 2. The molecule has 2 fully saturated rings. The normalized spacial score (nSPS) is 21.4. The molecule has 3 amide bonds. The molecule has 2 N–H and O–H groups in total. The van der Waals surface area contributed by atoms with Gasteiger partial charge in [-0.15, -0.1) is 11.3 Å². The summed E-state index contributed by atoms with van der Waals surface area (Å²) >= 11 is 1.52. The zero-order valence-electron chi connectivity index (χ0n) is 13.4. The van der Waals surface area contributed by atoms with Crippen molar-refractivity contribution >= 4 is 33.5 Å². The van der Waals surface area contributed by atoms with Crippen molar-refractivity contribution in [3.8, 4) is 0 Å². The standard InChI is InChI=1S/C15H17N5O3S/c1-7-8(2)24-14-11(7)13(22)16-10(17-14)6-19-3-4-20-9(5-19)12(21)18-15(20)23/h9H,3-6H2,1-2H3,(H,16,17,22)(H,18,21,23). The molecule has 4 rings (SSSR count). The Kier molecular flexibility index (Phi) is 3.43. The minimum absolute atomic E-state index is 0.121. The molecule has 1 atom stereocenters. The number of aryl methyl sites for hydroxylation is 2. The minimum atomic E-state index is -0.451. The predicted octanol–water partition coefficient (Wildman–Crippen LogP) is 0.337. The molecule has 9 heteroatoms. The van der Waals surface area contributed by atoms with Gasteiger partial charge in [0.1, 0.15) is 16.7 Å². The number of H-pyrrole nitrogens is 1. The highest BCUT2D eigenvalue weighted by Gasteiger charge is 2.41. The van der Waals surface area contributed by atoms with Gasteiger partial charge in [-0.3, -0.25) is 19.8 Å². The molecular weight excluding hydrogens is 330 g/mol. The van der Waals surface area contributed by atoms with Crippen molar-refractivity contribution < 1.29 is 9.59 Å². The third-order valence-electron chi connectivity index (χ3n) is 4.72. The molecule has 126 valence electrons. The Hall–Kier alpha value is -2.26. The number of fused-ring (bicyclic) bond motifs is 2. The van der Waals surface area contributed by atoms with Gasteiger partial charge in [-0.25, -0.2) is 9.78 Å². The summed E-state index contributed by atoms with van der Waals surface area (Å²) in [5.41, 5.74) is 0.856. The van der Waals surface area contributed by atoms with E-state index in [9.17, 15) is 14.4 Å². The Bertz CT molecular complexity index is 918. The smallest absolute Gasteiger partial charge is 0.310 e. The van der Waals surface area contributed by atoms with E-state index >= 15 is 0 Å².